The summed E-state index contributed by atoms with van der Waals surface area (Å²) in [6, 6.07) is 17.0. The third kappa shape index (κ3) is 156. The van der Waals surface area contributed by atoms with E-state index in [0.29, 0.717) is 25.4 Å². The quantitative estimate of drug-likeness (QED) is 0.196. The van der Waals surface area contributed by atoms with Gasteiger partial charge in [0.25, 0.3) is 0 Å². The molecule has 7 heterocycles. The number of fused-ring (bicyclic) bond motifs is 7. The van der Waals surface area contributed by atoms with Crippen molar-refractivity contribution in [2.75, 3.05) is 33.3 Å². The Morgan fingerprint density at radius 3 is 0.867 bits per heavy atom. The van der Waals surface area contributed by atoms with Crippen molar-refractivity contribution in [2.45, 2.75) is 115 Å². The Morgan fingerprint density at radius 1 is 0.393 bits per heavy atom. The number of hydrogen-bond acceptors (Lipinski definition) is 9. The third-order valence-electron chi connectivity index (χ3n) is 14.0. The SMILES string of the molecule is CC[C@]12CCCN3CCc4c(n(c5ccccc45)[C@@](O)(C(C)=O)C1)[C@@H]32.N#CBr.O=C=O.[C-]#[N+]N1CCCC2(CC)CC(C)(O)n3c(c(c4ccccc43)CC1)C2OC.[V].[V].[V].[V].[V].[V].[V].[V].[V].[V].[V].[V].[V].[V].[V].[V].[V].[V].[V].[V].[V].[V].[V].[V].[V].[V].[V].[V].[V].[V].[V].[V].[V].[V].[V].[V].[V].[V].[V].[V].[V].[V].[V].[V].[V].[V].[V].[V].[V].[V].[V].[V].[V].[V].[V].[V].[V].[V].[V].[V].[V].[V].[V].[V].[V].[V].[V].[V].[V].[V].[V].[V].[V].[V].[V].[V].[V]. The van der Waals surface area contributed by atoms with Crippen LogP contribution in [0.2, 0.25) is 0 Å². The maximum atomic E-state index is 12.7. The van der Waals surface area contributed by atoms with E-state index >= 15 is 0 Å². The van der Waals surface area contributed by atoms with Crippen LogP contribution in [0.5, 0.6) is 0 Å². The number of piperidine rings is 1. The number of ketones is 1. The van der Waals surface area contributed by atoms with Gasteiger partial charge in [-0.25, -0.2) is 0 Å². The second kappa shape index (κ2) is 286. The van der Waals surface area contributed by atoms with E-state index < -0.39 is 11.4 Å². The number of para-hydroxylation sites is 2. The van der Waals surface area contributed by atoms with Gasteiger partial charge in [-0.2, -0.15) is 26.4 Å². The van der Waals surface area contributed by atoms with E-state index in [0.717, 1.165) is 87.7 Å². The molecular weight excluding hydrogens is 4720 g/mol. The van der Waals surface area contributed by atoms with E-state index in [-0.39, 0.29) is 1460 Å². The molecule has 3 unspecified atom stereocenters. The fraction of sp³-hybridized carbons (Fsp3) is 0.556. The van der Waals surface area contributed by atoms with Crippen LogP contribution in [0.25, 0.3) is 26.8 Å². The molecule has 1 fully saturated rings. The van der Waals surface area contributed by atoms with Gasteiger partial charge in [0, 0.05) is 1490 Å². The first kappa shape index (κ1) is 499. The van der Waals surface area contributed by atoms with E-state index in [4.69, 9.17) is 26.2 Å². The van der Waals surface area contributed by atoms with Gasteiger partial charge in [0.15, 0.2) is 5.78 Å². The van der Waals surface area contributed by atoms with E-state index in [2.05, 4.69) is 80.6 Å². The molecule has 5 aliphatic heterocycles. The second-order valence-electron chi connectivity index (χ2n) is 16.8. The number of halogens is 1. The number of methoxy groups -OCH3 is 1. The number of carbonyl (C=O) groups is 1. The summed E-state index contributed by atoms with van der Waals surface area (Å²) in [6.45, 7) is 19.2. The van der Waals surface area contributed by atoms with E-state index in [1.165, 1.54) is 27.6 Å². The predicted molar refractivity (Wildman–Crippen MR) is 223 cm³/mol. The zero-order valence-corrected chi connectivity index (χ0v) is 178. The Kier molecular flexibility index (Phi) is 1060. The van der Waals surface area contributed by atoms with Crippen LogP contribution in [0.4, 0.5) is 0 Å². The van der Waals surface area contributed by atoms with Gasteiger partial charge in [-0.3, -0.25) is 9.69 Å². The van der Waals surface area contributed by atoms with Crippen molar-refractivity contribution in [1.82, 2.24) is 19.0 Å². The molecule has 6 atom stereocenters. The molecule has 5 aliphatic rings. The summed E-state index contributed by atoms with van der Waals surface area (Å²) in [7, 11) is 1.80. The molecule has 0 aliphatic carbocycles. The molecule has 12 nitrogen and oxygen atoms in total. The first-order valence-electron chi connectivity index (χ1n) is 20.4. The summed E-state index contributed by atoms with van der Waals surface area (Å²) in [5.41, 5.74) is 4.51. The fourth-order valence-electron chi connectivity index (χ4n) is 11.7. The van der Waals surface area contributed by atoms with E-state index in [9.17, 15) is 15.0 Å². The standard InChI is InChI=1S/C22H29N3O2.C21H26N2O2.CBrN.CO2.77V/c1-5-22-12-8-13-24(23-3)14-11-17-16-9-6-7-10-18(16)25(21(2,26)15-22)19(17)20(22)27-4;1-3-20-10-6-11-22-12-9-16-15-7-4-5-8-17(15)23(18(16)19(20)22)21(25,13-20)14(2)24;2*2-1-3;;;;;;;;;;;;;;;;;;;;;;;;;;;;;;;;;;;;;;;;;;;;;;;;;;;;;;;;;;;;;;;;;;;;;;;;;;;;;/h6-7,9-10,20,26H,5,8,11-15H2,1-2,4H3;4-5,7-8,19,25H,3,6,9-13H2,1-2H3;;;;;;;;;;;;;;;;;;;;;;;;;;;;;;;;;;;;;;;;;;;;;;;;;;;;;;;;;;;;;;;;;;;;;;;;;;;;;;;/t;19-,20+,21+;;;;;;;;;;;;;;;;;;;;;;;;;;;;;;;;;;;;;;;;;;;;;;;;;;;;;;;;;;;;;;;;;;;;;;;;;;;;;;;/m.1.............................................................................../s1. The van der Waals surface area contributed by atoms with Gasteiger partial charge in [-0.15, -0.1) is 5.01 Å². The van der Waals surface area contributed by atoms with Crippen molar-refractivity contribution < 1.29 is 1460 Å². The molecule has 1 saturated heterocycles. The van der Waals surface area contributed by atoms with E-state index in [1.807, 2.05) is 28.6 Å². The van der Waals surface area contributed by atoms with Crippen molar-refractivity contribution in [3.8, 4) is 4.98 Å². The number of hydrogen-bond donors (Lipinski definition) is 2. The number of aliphatic hydroxyl groups is 2. The number of ether oxygens (including phenoxy) is 1. The van der Waals surface area contributed by atoms with Crippen molar-refractivity contribution in [1.29, 1.82) is 5.26 Å². The Balaban J connectivity index is -0.00000000515. The van der Waals surface area contributed by atoms with E-state index in [1.54, 1.807) is 19.0 Å². The smallest absolute Gasteiger partial charge is 0.373 e. The second-order valence-corrected chi connectivity index (χ2v) is 17.1. The molecule has 2 aromatic heterocycles. The van der Waals surface area contributed by atoms with Crippen molar-refractivity contribution in [3.05, 3.63) is 82.6 Å². The summed E-state index contributed by atoms with van der Waals surface area (Å²) in [5, 5.41) is 34.7. The number of carbonyl (C=O) groups excluding carboxylic acids is 3. The number of benzene rings is 2. The predicted octanol–water partition coefficient (Wildman–Crippen LogP) is 7.72. The molecular formula is C45H55BrN6O6V77. The van der Waals surface area contributed by atoms with Crippen molar-refractivity contribution >= 4 is 49.7 Å². The first-order chi connectivity index (χ1) is 27.8. The van der Waals surface area contributed by atoms with Crippen molar-refractivity contribution in [2.24, 2.45) is 10.8 Å². The molecule has 0 saturated carbocycles. The molecule has 135 heavy (non-hydrogen) atoms. The van der Waals surface area contributed by atoms with Gasteiger partial charge in [-0.1, -0.05) is 50.2 Å². The van der Waals surface area contributed by atoms with Crippen LogP contribution in [-0.2, 0) is 1470 Å². The van der Waals surface area contributed by atoms with Crippen LogP contribution in [0, 0.1) is 27.6 Å². The van der Waals surface area contributed by atoms with Gasteiger partial charge in [-0.05, 0) is 100 Å². The minimum absolute atomic E-state index is 0. The molecule has 693 valence electrons. The molecule has 77 radical (unpaired) electrons. The zero-order valence-electron chi connectivity index (χ0n) is 68.7. The average Bonchev–Trinajstić information content (AvgIpc) is 3.74. The molecule has 0 spiro atoms. The third-order valence-corrected chi connectivity index (χ3v) is 14.0. The number of rotatable bonds is 4. The molecule has 2 bridgehead atoms. The summed E-state index contributed by atoms with van der Waals surface area (Å²) >= 11 is 2.45. The summed E-state index contributed by atoms with van der Waals surface area (Å²) in [6.07, 6.45) is 9.32. The zero-order chi connectivity index (χ0) is 42.0. The van der Waals surface area contributed by atoms with Crippen LogP contribution in [0.3, 0.4) is 0 Å². The van der Waals surface area contributed by atoms with Gasteiger partial charge in [0.2, 0.25) is 5.72 Å². The number of Topliss-reactive ketones (excluding diaryl/α,β-unsaturated/α-hetero) is 1. The molecule has 4 aromatic rings. The van der Waals surface area contributed by atoms with Crippen LogP contribution >= 0.6 is 15.9 Å². The van der Waals surface area contributed by atoms with Crippen LogP contribution in [0.1, 0.15) is 114 Å². The number of nitrogens with zero attached hydrogens (tertiary/aromatic N) is 6. The minimum atomic E-state index is -1.42. The van der Waals surface area contributed by atoms with Crippen LogP contribution in [-0.4, -0.2) is 74.5 Å². The molecule has 90 heteroatoms. The van der Waals surface area contributed by atoms with Crippen LogP contribution in [0.15, 0.2) is 48.5 Å². The summed E-state index contributed by atoms with van der Waals surface area (Å²) in [4.78, 5) is 36.8. The monoisotopic (exact) mass is 4780 g/mol. The Labute approximate surface area is 1740 Å². The van der Waals surface area contributed by atoms with Crippen LogP contribution < -0.4 is 0 Å². The molecule has 2 N–H and O–H groups in total. The summed E-state index contributed by atoms with van der Waals surface area (Å²) in [5.74, 6) is -0.134. The van der Waals surface area contributed by atoms with Gasteiger partial charge in [0.05, 0.1) is 35.9 Å². The van der Waals surface area contributed by atoms with Gasteiger partial charge >= 0.3 is 6.15 Å². The Hall–Kier alpha value is 40.7. The maximum Gasteiger partial charge on any atom is 0.373 e. The fourth-order valence-corrected chi connectivity index (χ4v) is 11.7. The Bertz CT molecular complexity index is 2410. The van der Waals surface area contributed by atoms with Gasteiger partial charge < -0.3 is 24.1 Å². The largest absolute Gasteiger partial charge is 0.375 e. The number of aromatic nitrogens is 2. The minimum Gasteiger partial charge on any atom is -0.375 e. The molecule has 9 rings (SSSR count). The normalized spacial score (nSPS) is 12.6. The average molecular weight is 4780 g/mol. The summed E-state index contributed by atoms with van der Waals surface area (Å²) < 4.78 is 10.3. The van der Waals surface area contributed by atoms with Crippen molar-refractivity contribution in [3.63, 3.8) is 0 Å². The first-order valence-corrected chi connectivity index (χ1v) is 21.2. The molecule has 0 amide bonds. The topological polar surface area (TPSA) is 145 Å². The Morgan fingerprint density at radius 2 is 0.622 bits per heavy atom. The number of nitriles is 1. The molecule has 2 aromatic carbocycles. The maximum absolute atomic E-state index is 12.7. The van der Waals surface area contributed by atoms with Gasteiger partial charge in [0.1, 0.15) is 16.8 Å².